The van der Waals surface area contributed by atoms with Gasteiger partial charge in [-0.05, 0) is 42.0 Å². The van der Waals surface area contributed by atoms with Crippen LogP contribution in [0.2, 0.25) is 0 Å². The largest absolute Gasteiger partial charge is 0.378 e. The first-order chi connectivity index (χ1) is 12.9. The summed E-state index contributed by atoms with van der Waals surface area (Å²) in [6.07, 6.45) is 0. The average Bonchev–Trinajstić information content (AvgIpc) is 2.61. The second-order valence-corrected chi connectivity index (χ2v) is 10.1. The van der Waals surface area contributed by atoms with Crippen molar-refractivity contribution in [2.75, 3.05) is 25.5 Å². The smallest absolute Gasteiger partial charge is 0.225 e. The van der Waals surface area contributed by atoms with Crippen molar-refractivity contribution < 1.29 is 17.6 Å². The van der Waals surface area contributed by atoms with E-state index >= 15 is 0 Å². The van der Waals surface area contributed by atoms with Crippen molar-refractivity contribution in [1.82, 2.24) is 5.32 Å². The molecule has 0 aliphatic heterocycles. The number of hydrogen-bond acceptors (Lipinski definition) is 4. The lowest BCUT2D eigenvalue weighted by Crippen LogP contribution is -2.38. The van der Waals surface area contributed by atoms with Crippen LogP contribution in [0.5, 0.6) is 0 Å². The highest BCUT2D eigenvalue weighted by atomic mass is 32.2. The Bertz CT molecular complexity index is 916. The molecule has 0 unspecified atom stereocenters. The summed E-state index contributed by atoms with van der Waals surface area (Å²) in [6, 6.07) is 11.9. The molecule has 2 aromatic rings. The van der Waals surface area contributed by atoms with Crippen molar-refractivity contribution >= 4 is 21.4 Å². The third-order valence-electron chi connectivity index (χ3n) is 4.43. The number of halogens is 1. The summed E-state index contributed by atoms with van der Waals surface area (Å²) in [6.45, 7) is 5.21. The maximum Gasteiger partial charge on any atom is 0.225 e. The molecule has 2 rings (SSSR count). The molecular weight excluding hydrogens is 379 g/mol. The third kappa shape index (κ3) is 5.10. The quantitative estimate of drug-likeness (QED) is 0.745. The molecule has 0 saturated heterocycles. The summed E-state index contributed by atoms with van der Waals surface area (Å²) >= 11 is 0. The highest BCUT2D eigenvalue weighted by molar-refractivity contribution is 7.91. The molecule has 0 heterocycles. The third-order valence-corrected chi connectivity index (χ3v) is 6.54. The van der Waals surface area contributed by atoms with Crippen LogP contribution in [0, 0.1) is 11.2 Å². The van der Waals surface area contributed by atoms with Gasteiger partial charge in [0, 0.05) is 31.7 Å². The summed E-state index contributed by atoms with van der Waals surface area (Å²) in [5, 5.41) is 1.76. The number of nitrogens with one attached hydrogen (secondary N) is 1. The Morgan fingerprint density at radius 3 is 2.04 bits per heavy atom. The van der Waals surface area contributed by atoms with Crippen molar-refractivity contribution in [1.29, 1.82) is 0 Å². The van der Waals surface area contributed by atoms with Crippen LogP contribution >= 0.6 is 0 Å². The number of carbonyl (C=O) groups excluding carboxylic acids is 1. The lowest BCUT2D eigenvalue weighted by Gasteiger charge is -2.23. The van der Waals surface area contributed by atoms with Gasteiger partial charge in [-0.1, -0.05) is 32.9 Å². The fraction of sp³-hybridized carbons (Fsp3) is 0.381. The molecule has 0 aliphatic carbocycles. The second-order valence-electron chi connectivity index (χ2n) is 7.93. The van der Waals surface area contributed by atoms with Crippen molar-refractivity contribution in [2.45, 2.75) is 30.9 Å². The Hall–Kier alpha value is -2.41. The topological polar surface area (TPSA) is 66.5 Å². The number of sulfone groups is 1. The van der Waals surface area contributed by atoms with Gasteiger partial charge in [0.2, 0.25) is 5.91 Å². The molecule has 0 aliphatic rings. The molecule has 0 spiro atoms. The normalized spacial score (nSPS) is 13.1. The first-order valence-electron chi connectivity index (χ1n) is 8.98. The minimum Gasteiger partial charge on any atom is -0.378 e. The number of carbonyl (C=O) groups is 1. The summed E-state index contributed by atoms with van der Waals surface area (Å²) < 4.78 is 39.7. The highest BCUT2D eigenvalue weighted by Gasteiger charge is 2.31. The van der Waals surface area contributed by atoms with Gasteiger partial charge in [0.15, 0.2) is 9.84 Å². The number of benzene rings is 2. The van der Waals surface area contributed by atoms with Crippen molar-refractivity contribution in [3.05, 3.63) is 59.9 Å². The molecule has 0 fully saturated rings. The van der Waals surface area contributed by atoms with Crippen LogP contribution < -0.4 is 10.2 Å². The standard InChI is InChI=1S/C21H27FN2O3S/c1-21(2,3)20(25)23-14-19(15-6-10-17(11-7-15)24(4)5)28(26,27)18-12-8-16(22)9-13-18/h6-13,19H,14H2,1-5H3,(H,23,25)/t19-/m0/s1. The molecule has 5 nitrogen and oxygen atoms in total. The Morgan fingerprint density at radius 1 is 1.04 bits per heavy atom. The maximum atomic E-state index is 13.2. The lowest BCUT2D eigenvalue weighted by atomic mass is 9.95. The Labute approximate surface area is 166 Å². The minimum atomic E-state index is -3.84. The van der Waals surface area contributed by atoms with E-state index in [-0.39, 0.29) is 17.3 Å². The van der Waals surface area contributed by atoms with Gasteiger partial charge in [0.1, 0.15) is 11.1 Å². The molecular formula is C21H27FN2O3S. The zero-order valence-electron chi connectivity index (χ0n) is 16.9. The van der Waals surface area contributed by atoms with Gasteiger partial charge in [-0.15, -0.1) is 0 Å². The molecule has 0 bridgehead atoms. The van der Waals surface area contributed by atoms with E-state index in [1.165, 1.54) is 12.1 Å². The molecule has 0 saturated carbocycles. The van der Waals surface area contributed by atoms with Gasteiger partial charge in [-0.3, -0.25) is 4.79 Å². The van der Waals surface area contributed by atoms with E-state index in [2.05, 4.69) is 5.32 Å². The number of amides is 1. The zero-order chi connectivity index (χ0) is 21.1. The predicted octanol–water partition coefficient (Wildman–Crippen LogP) is 3.57. The molecule has 152 valence electrons. The molecule has 1 N–H and O–H groups in total. The van der Waals surface area contributed by atoms with E-state index in [4.69, 9.17) is 0 Å². The number of nitrogens with zero attached hydrogens (tertiary/aromatic N) is 1. The van der Waals surface area contributed by atoms with Gasteiger partial charge in [-0.2, -0.15) is 0 Å². The molecule has 1 atom stereocenters. The SMILES string of the molecule is CN(C)c1ccc([C@H](CNC(=O)C(C)(C)C)S(=O)(=O)c2ccc(F)cc2)cc1. The van der Waals surface area contributed by atoms with Crippen LogP contribution in [-0.2, 0) is 14.6 Å². The summed E-state index contributed by atoms with van der Waals surface area (Å²) in [5.41, 5.74) is 0.850. The van der Waals surface area contributed by atoms with E-state index < -0.39 is 26.3 Å². The first kappa shape index (κ1) is 21.9. The fourth-order valence-electron chi connectivity index (χ4n) is 2.63. The molecule has 0 radical (unpaired) electrons. The van der Waals surface area contributed by atoms with Crippen LogP contribution in [0.1, 0.15) is 31.6 Å². The van der Waals surface area contributed by atoms with Crippen LogP contribution in [-0.4, -0.2) is 35.0 Å². The minimum absolute atomic E-state index is 0.0144. The number of rotatable bonds is 6. The van der Waals surface area contributed by atoms with Gasteiger partial charge in [0.25, 0.3) is 0 Å². The molecule has 0 aromatic heterocycles. The predicted molar refractivity (Wildman–Crippen MR) is 110 cm³/mol. The van der Waals surface area contributed by atoms with Crippen LogP contribution in [0.15, 0.2) is 53.4 Å². The fourth-order valence-corrected chi connectivity index (χ4v) is 4.30. The van der Waals surface area contributed by atoms with Crippen molar-refractivity contribution in [3.63, 3.8) is 0 Å². The van der Waals surface area contributed by atoms with E-state index in [1.807, 2.05) is 31.1 Å². The van der Waals surface area contributed by atoms with E-state index in [0.29, 0.717) is 5.56 Å². The van der Waals surface area contributed by atoms with Crippen LogP contribution in [0.4, 0.5) is 10.1 Å². The van der Waals surface area contributed by atoms with Gasteiger partial charge in [0.05, 0.1) is 4.90 Å². The monoisotopic (exact) mass is 406 g/mol. The number of hydrogen-bond donors (Lipinski definition) is 1. The van der Waals surface area contributed by atoms with Gasteiger partial charge in [-0.25, -0.2) is 12.8 Å². The highest BCUT2D eigenvalue weighted by Crippen LogP contribution is 2.30. The molecule has 1 amide bonds. The van der Waals surface area contributed by atoms with Crippen LogP contribution in [0.3, 0.4) is 0 Å². The lowest BCUT2D eigenvalue weighted by molar-refractivity contribution is -0.128. The van der Waals surface area contributed by atoms with Crippen molar-refractivity contribution in [3.8, 4) is 0 Å². The Morgan fingerprint density at radius 2 is 1.57 bits per heavy atom. The first-order valence-corrected chi connectivity index (χ1v) is 10.5. The van der Waals surface area contributed by atoms with E-state index in [1.54, 1.807) is 32.9 Å². The molecule has 7 heteroatoms. The summed E-state index contributed by atoms with van der Waals surface area (Å²) in [4.78, 5) is 14.2. The van der Waals surface area contributed by atoms with Gasteiger partial charge >= 0.3 is 0 Å². The van der Waals surface area contributed by atoms with E-state index in [0.717, 1.165) is 17.8 Å². The van der Waals surface area contributed by atoms with Crippen LogP contribution in [0.25, 0.3) is 0 Å². The van der Waals surface area contributed by atoms with E-state index in [9.17, 15) is 17.6 Å². The number of anilines is 1. The molecule has 28 heavy (non-hydrogen) atoms. The summed E-state index contributed by atoms with van der Waals surface area (Å²) in [7, 11) is -0.0518. The maximum absolute atomic E-state index is 13.2. The Balaban J connectivity index is 2.43. The summed E-state index contributed by atoms with van der Waals surface area (Å²) in [5.74, 6) is -0.747. The van der Waals surface area contributed by atoms with Crippen molar-refractivity contribution in [2.24, 2.45) is 5.41 Å². The zero-order valence-corrected chi connectivity index (χ0v) is 17.7. The Kier molecular flexibility index (Phi) is 6.49. The second kappa shape index (κ2) is 8.31. The van der Waals surface area contributed by atoms with Gasteiger partial charge < -0.3 is 10.2 Å². The molecule has 2 aromatic carbocycles. The average molecular weight is 407 g/mol.